The van der Waals surface area contributed by atoms with Gasteiger partial charge in [-0.05, 0) is 93.8 Å². The molecule has 4 aliphatic carbocycles. The van der Waals surface area contributed by atoms with Gasteiger partial charge in [0.2, 0.25) is 0 Å². The van der Waals surface area contributed by atoms with E-state index in [9.17, 15) is 73.6 Å². The molecule has 29 nitrogen and oxygen atoms in total. The van der Waals surface area contributed by atoms with Gasteiger partial charge >= 0.3 is 22.3 Å². The average Bonchev–Trinajstić information content (AvgIpc) is 1.53. The second-order valence-electron chi connectivity index (χ2n) is 28.4. The number of carbonyl (C=O) groups excluding carboxylic acids is 2. The van der Waals surface area contributed by atoms with E-state index in [2.05, 4.69) is 47.6 Å². The standard InChI is InChI=1S/C60H96O29S.Na/c1-25(2)12-11-17-59(9)49-32(81-27(4)62)20-58(8)29-13-14-35-56(5,6)36(16-18-57(35,7)28(29)15-19-60(49,58)55(72)88-59)83-53-47(39(67)34(24-79-53)89-90(73,74)75)87-54-48(86-50-40(68)37(65)30(63)22-77-50)41(69)44(26(3)80-54)84-51-42(70)45(31(64)23-78-51)85-52-43(71)46(76-10)38(66)33(21-61)82-52;/h13,25-26,28,30-54,61,63-71H,11-12,14-24H2,1-10H3,(H,73,74,75);/t26?,28-,30?,31?,32+,33?,34?,35?,36+,37?,38?,39?,40?,41?,42?,43?,44?,45?,46?,47?,48?,49-,50?,51?,52?,53?,54?,57-,58+,59+,60?;/m1./s1. The number of allylic oxidation sites excluding steroid dienone is 2. The first-order valence-electron chi connectivity index (χ1n) is 31.6. The minimum atomic E-state index is -5.26. The summed E-state index contributed by atoms with van der Waals surface area (Å²) in [6.45, 7) is 15.2. The Morgan fingerprint density at radius 3 is 1.97 bits per heavy atom. The molecular weight excluding hydrogens is 1240 g/mol. The number of methoxy groups -OCH3 is 1. The first kappa shape index (κ1) is 73.9. The van der Waals surface area contributed by atoms with Gasteiger partial charge in [-0.3, -0.25) is 14.1 Å². The van der Waals surface area contributed by atoms with Crippen molar-refractivity contribution in [3.05, 3.63) is 11.6 Å². The van der Waals surface area contributed by atoms with Crippen molar-refractivity contribution in [3.8, 4) is 0 Å². The molecule has 6 heterocycles. The third-order valence-electron chi connectivity index (χ3n) is 22.1. The van der Waals surface area contributed by atoms with Crippen molar-refractivity contribution >= 4 is 51.9 Å². The van der Waals surface area contributed by atoms with Crippen LogP contribution >= 0.6 is 0 Å². The Morgan fingerprint density at radius 1 is 0.703 bits per heavy atom. The number of cyclic esters (lactones) is 1. The van der Waals surface area contributed by atoms with E-state index >= 15 is 0 Å². The molecule has 0 aromatic carbocycles. The van der Waals surface area contributed by atoms with Crippen molar-refractivity contribution in [1.29, 1.82) is 0 Å². The molecule has 3 saturated carbocycles. The minimum Gasteiger partial charge on any atom is -0.462 e. The predicted octanol–water partition coefficient (Wildman–Crippen LogP) is -1.22. The molecule has 10 rings (SSSR count). The molecule has 517 valence electrons. The van der Waals surface area contributed by atoms with E-state index in [1.165, 1.54) is 26.5 Å². The number of ether oxygens (including phenoxy) is 13. The Bertz CT molecular complexity index is 2680. The van der Waals surface area contributed by atoms with Crippen LogP contribution in [0.1, 0.15) is 120 Å². The van der Waals surface area contributed by atoms with Crippen molar-refractivity contribution in [3.63, 3.8) is 0 Å². The van der Waals surface area contributed by atoms with Crippen molar-refractivity contribution in [2.24, 2.45) is 45.3 Å². The summed E-state index contributed by atoms with van der Waals surface area (Å²) in [7, 11) is -4.06. The average molecular weight is 1340 g/mol. The molecule has 1 spiro atoms. The molecule has 11 N–H and O–H groups in total. The number of hydrogen-bond donors (Lipinski definition) is 11. The molecule has 0 amide bonds. The van der Waals surface area contributed by atoms with Crippen molar-refractivity contribution < 1.29 is 139 Å². The molecule has 24 unspecified atom stereocenters. The Labute approximate surface area is 552 Å². The second kappa shape index (κ2) is 28.1. The molecule has 31 heteroatoms. The number of hydrogen-bond acceptors (Lipinski definition) is 28. The van der Waals surface area contributed by atoms with Gasteiger partial charge in [0.05, 0.1) is 50.0 Å². The van der Waals surface area contributed by atoms with Crippen molar-refractivity contribution in [2.45, 2.75) is 273 Å². The zero-order valence-corrected chi connectivity index (χ0v) is 56.4. The molecule has 31 atom stereocenters. The molecule has 6 saturated heterocycles. The first-order valence-corrected chi connectivity index (χ1v) is 33.0. The number of rotatable bonds is 19. The quantitative estimate of drug-likeness (QED) is 0.0313. The summed E-state index contributed by atoms with van der Waals surface area (Å²) in [5.74, 6) is -0.620. The summed E-state index contributed by atoms with van der Waals surface area (Å²) in [6.07, 6.45) is -30.9. The number of carbonyl (C=O) groups is 2. The van der Waals surface area contributed by atoms with Crippen molar-refractivity contribution in [1.82, 2.24) is 0 Å². The van der Waals surface area contributed by atoms with Crippen LogP contribution in [-0.4, -0.2) is 292 Å². The molecule has 0 bridgehead atoms. The molecule has 6 aliphatic heterocycles. The van der Waals surface area contributed by atoms with E-state index in [4.69, 9.17) is 65.8 Å². The molecule has 0 aromatic heterocycles. The van der Waals surface area contributed by atoms with Gasteiger partial charge < -0.3 is 113 Å². The smallest absolute Gasteiger partial charge is 0.397 e. The maximum atomic E-state index is 14.8. The second-order valence-corrected chi connectivity index (χ2v) is 29.5. The molecular formula is C60H96NaO29S. The van der Waals surface area contributed by atoms with Crippen LogP contribution in [-0.2, 0) is 85.8 Å². The van der Waals surface area contributed by atoms with Gasteiger partial charge in [-0.25, -0.2) is 4.18 Å². The maximum absolute atomic E-state index is 14.8. The Morgan fingerprint density at radius 2 is 1.32 bits per heavy atom. The first-order chi connectivity index (χ1) is 42.2. The molecule has 1 radical (unpaired) electrons. The van der Waals surface area contributed by atoms with E-state index in [1.807, 2.05) is 6.92 Å². The molecule has 10 aliphatic rings. The van der Waals surface area contributed by atoms with Crippen LogP contribution in [0.3, 0.4) is 0 Å². The van der Waals surface area contributed by atoms with Crippen LogP contribution in [0, 0.1) is 45.3 Å². The Hall–Kier alpha value is -1.29. The Balaban J connectivity index is 0.00000980. The van der Waals surface area contributed by atoms with E-state index in [-0.39, 0.29) is 58.7 Å². The van der Waals surface area contributed by atoms with Gasteiger partial charge in [-0.1, -0.05) is 59.6 Å². The molecule has 0 aromatic rings. The third kappa shape index (κ3) is 13.6. The van der Waals surface area contributed by atoms with Gasteiger partial charge in [0.1, 0.15) is 109 Å². The number of esters is 2. The maximum Gasteiger partial charge on any atom is 0.397 e. The van der Waals surface area contributed by atoms with Gasteiger partial charge in [-0.15, -0.1) is 0 Å². The van der Waals surface area contributed by atoms with E-state index < -0.39 is 212 Å². The third-order valence-corrected chi connectivity index (χ3v) is 22.6. The summed E-state index contributed by atoms with van der Waals surface area (Å²) < 4.78 is 118. The van der Waals surface area contributed by atoms with Crippen LogP contribution in [0.2, 0.25) is 0 Å². The van der Waals surface area contributed by atoms with Crippen molar-refractivity contribution in [2.75, 3.05) is 33.5 Å². The number of aliphatic hydroxyl groups is 10. The van der Waals surface area contributed by atoms with Gasteiger partial charge in [0.15, 0.2) is 31.5 Å². The fraction of sp³-hybridized carbons (Fsp3) is 0.933. The fourth-order valence-electron chi connectivity index (χ4n) is 17.7. The van der Waals surface area contributed by atoms with Crippen LogP contribution in [0.25, 0.3) is 0 Å². The topological polar surface area (TPSA) is 420 Å². The fourth-order valence-corrected chi connectivity index (χ4v) is 18.2. The molecule has 91 heavy (non-hydrogen) atoms. The predicted molar refractivity (Wildman–Crippen MR) is 308 cm³/mol. The normalized spacial score (nSPS) is 49.7. The van der Waals surface area contributed by atoms with Gasteiger partial charge in [-0.2, -0.15) is 8.42 Å². The number of fused-ring (bicyclic) bond motifs is 4. The van der Waals surface area contributed by atoms with E-state index in [0.29, 0.717) is 50.9 Å². The zero-order chi connectivity index (χ0) is 65.7. The SMILES string of the molecule is COC1C(O)C(CO)OC(OC2C(O)COC(OC3C(C)OC(OC4C(O[C@H]5CC[C@@]6(C)C(CC=C7[C@H]6CCC68C(=O)O[C@@](C)(CCCC(C)C)[C@H]6[C@@H](OC(C)=O)C[C@@]78C)C5(C)C)OCC(OS(=O)(=O)O)C4O)C(OC4OCC(O)C(O)C4O)C3O)C2O)C1O.[Na]. The minimum absolute atomic E-state index is 0. The summed E-state index contributed by atoms with van der Waals surface area (Å²) in [4.78, 5) is 27.6. The summed E-state index contributed by atoms with van der Waals surface area (Å²) in [5, 5.41) is 111. The summed E-state index contributed by atoms with van der Waals surface area (Å²) in [5.41, 5.74) is -2.36. The largest absolute Gasteiger partial charge is 0.462 e. The monoisotopic (exact) mass is 1340 g/mol. The molecule has 9 fully saturated rings. The van der Waals surface area contributed by atoms with Gasteiger partial charge in [0.25, 0.3) is 0 Å². The van der Waals surface area contributed by atoms with Crippen LogP contribution in [0.4, 0.5) is 0 Å². The van der Waals surface area contributed by atoms with E-state index in [1.54, 1.807) is 0 Å². The van der Waals surface area contributed by atoms with Crippen LogP contribution < -0.4 is 0 Å². The van der Waals surface area contributed by atoms with Crippen LogP contribution in [0.5, 0.6) is 0 Å². The Kier molecular flexibility index (Phi) is 22.9. The summed E-state index contributed by atoms with van der Waals surface area (Å²) >= 11 is 0. The van der Waals surface area contributed by atoms with Crippen LogP contribution in [0.15, 0.2) is 11.6 Å². The number of aliphatic hydroxyl groups excluding tert-OH is 10. The zero-order valence-electron chi connectivity index (χ0n) is 53.6. The summed E-state index contributed by atoms with van der Waals surface area (Å²) in [6, 6.07) is 0. The van der Waals surface area contributed by atoms with Gasteiger partial charge in [0, 0.05) is 49.0 Å². The van der Waals surface area contributed by atoms with E-state index in [0.717, 1.165) is 12.8 Å².